The molecule has 2 aromatic heterocycles. The molecule has 0 aliphatic heterocycles. The summed E-state index contributed by atoms with van der Waals surface area (Å²) >= 11 is 3.97. The fourth-order valence-corrected chi connectivity index (χ4v) is 3.53. The monoisotopic (exact) mass is 386 g/mol. The average Bonchev–Trinajstić information content (AvgIpc) is 3.14. The molecule has 0 unspecified atom stereocenters. The smallest absolute Gasteiger partial charge is 0.191 e. The van der Waals surface area contributed by atoms with E-state index < -0.39 is 0 Å². The number of aromatic nitrogens is 3. The van der Waals surface area contributed by atoms with E-state index >= 15 is 0 Å². The van der Waals surface area contributed by atoms with Crippen LogP contribution in [0, 0.1) is 10.5 Å². The normalized spacial score (nSPS) is 14.7. The molecule has 4 nitrogen and oxygen atoms in total. The van der Waals surface area contributed by atoms with Gasteiger partial charge in [-0.25, -0.2) is 15.0 Å². The van der Waals surface area contributed by atoms with Gasteiger partial charge < -0.3 is 5.32 Å². The summed E-state index contributed by atoms with van der Waals surface area (Å²) in [6.45, 7) is 4.95. The van der Waals surface area contributed by atoms with Crippen LogP contribution in [-0.4, -0.2) is 21.5 Å². The predicted octanol–water partition coefficient (Wildman–Crippen LogP) is 3.82. The SMILES string of the molecule is CCNc1nc(-c2nc(C)cs2)nc(C2CC2)c1I. The van der Waals surface area contributed by atoms with Gasteiger partial charge in [-0.3, -0.25) is 0 Å². The molecule has 0 bridgehead atoms. The first kappa shape index (κ1) is 13.2. The quantitative estimate of drug-likeness (QED) is 0.812. The Morgan fingerprint density at radius 2 is 2.16 bits per heavy atom. The lowest BCUT2D eigenvalue weighted by Gasteiger charge is -2.10. The highest BCUT2D eigenvalue weighted by Crippen LogP contribution is 2.43. The van der Waals surface area contributed by atoms with Crippen molar-refractivity contribution < 1.29 is 0 Å². The molecule has 0 radical (unpaired) electrons. The van der Waals surface area contributed by atoms with Crippen molar-refractivity contribution in [3.63, 3.8) is 0 Å². The van der Waals surface area contributed by atoms with Crippen LogP contribution in [0.1, 0.15) is 37.1 Å². The third-order valence-corrected chi connectivity index (χ3v) is 5.02. The molecule has 100 valence electrons. The van der Waals surface area contributed by atoms with Crippen molar-refractivity contribution in [2.75, 3.05) is 11.9 Å². The van der Waals surface area contributed by atoms with Gasteiger partial charge in [0.05, 0.1) is 9.26 Å². The molecule has 3 rings (SSSR count). The van der Waals surface area contributed by atoms with E-state index in [4.69, 9.17) is 4.98 Å². The van der Waals surface area contributed by atoms with Gasteiger partial charge in [-0.2, -0.15) is 0 Å². The topological polar surface area (TPSA) is 50.7 Å². The van der Waals surface area contributed by atoms with Crippen LogP contribution in [0.2, 0.25) is 0 Å². The summed E-state index contributed by atoms with van der Waals surface area (Å²) in [5, 5.41) is 6.29. The lowest BCUT2D eigenvalue weighted by atomic mass is 10.2. The third-order valence-electron chi connectivity index (χ3n) is 3.00. The Balaban J connectivity index is 2.08. The highest BCUT2D eigenvalue weighted by molar-refractivity contribution is 14.1. The van der Waals surface area contributed by atoms with Crippen LogP contribution in [0.15, 0.2) is 5.38 Å². The zero-order valence-electron chi connectivity index (χ0n) is 10.9. The summed E-state index contributed by atoms with van der Waals surface area (Å²) in [5.74, 6) is 2.33. The van der Waals surface area contributed by atoms with Gasteiger partial charge in [-0.15, -0.1) is 11.3 Å². The Hall–Kier alpha value is -0.760. The Labute approximate surface area is 130 Å². The van der Waals surface area contributed by atoms with E-state index in [1.54, 1.807) is 11.3 Å². The first-order valence-electron chi connectivity index (χ1n) is 6.42. The number of nitrogens with zero attached hydrogens (tertiary/aromatic N) is 3. The Morgan fingerprint density at radius 3 is 2.74 bits per heavy atom. The molecule has 0 atom stereocenters. The van der Waals surface area contributed by atoms with Crippen molar-refractivity contribution in [2.24, 2.45) is 0 Å². The molecule has 0 spiro atoms. The number of rotatable bonds is 4. The standard InChI is InChI=1S/C13H15IN4S/c1-3-15-11-9(14)10(8-4-5-8)17-12(18-11)13-16-7(2)6-19-13/h6,8H,3-5H2,1-2H3,(H,15,17,18). The minimum atomic E-state index is 0.618. The van der Waals surface area contributed by atoms with Gasteiger partial charge >= 0.3 is 0 Å². The molecule has 1 saturated carbocycles. The van der Waals surface area contributed by atoms with E-state index in [-0.39, 0.29) is 0 Å². The first-order valence-corrected chi connectivity index (χ1v) is 8.38. The van der Waals surface area contributed by atoms with E-state index in [1.165, 1.54) is 22.1 Å². The Morgan fingerprint density at radius 1 is 1.37 bits per heavy atom. The average molecular weight is 386 g/mol. The number of halogens is 1. The van der Waals surface area contributed by atoms with Crippen molar-refractivity contribution in [3.8, 4) is 10.8 Å². The van der Waals surface area contributed by atoms with Crippen molar-refractivity contribution in [3.05, 3.63) is 20.3 Å². The van der Waals surface area contributed by atoms with Gasteiger partial charge in [0.2, 0.25) is 0 Å². The van der Waals surface area contributed by atoms with Gasteiger partial charge in [0, 0.05) is 23.5 Å². The number of hydrogen-bond acceptors (Lipinski definition) is 5. The minimum Gasteiger partial charge on any atom is -0.369 e. The van der Waals surface area contributed by atoms with E-state index in [2.05, 4.69) is 44.8 Å². The summed E-state index contributed by atoms with van der Waals surface area (Å²) in [6.07, 6.45) is 2.49. The van der Waals surface area contributed by atoms with E-state index in [1.807, 2.05) is 12.3 Å². The molecule has 0 amide bonds. The van der Waals surface area contributed by atoms with Crippen LogP contribution in [0.5, 0.6) is 0 Å². The van der Waals surface area contributed by atoms with Gasteiger partial charge in [0.1, 0.15) is 5.82 Å². The maximum atomic E-state index is 4.75. The van der Waals surface area contributed by atoms with Crippen LogP contribution in [-0.2, 0) is 0 Å². The van der Waals surface area contributed by atoms with Crippen molar-refractivity contribution >= 4 is 39.7 Å². The largest absolute Gasteiger partial charge is 0.369 e. The van der Waals surface area contributed by atoms with Crippen molar-refractivity contribution in [1.82, 2.24) is 15.0 Å². The minimum absolute atomic E-state index is 0.618. The molecule has 1 aliphatic carbocycles. The zero-order valence-corrected chi connectivity index (χ0v) is 13.9. The molecule has 1 N–H and O–H groups in total. The number of hydrogen-bond donors (Lipinski definition) is 1. The van der Waals surface area contributed by atoms with Crippen LogP contribution in [0.4, 0.5) is 5.82 Å². The maximum absolute atomic E-state index is 4.75. The van der Waals surface area contributed by atoms with Gasteiger partial charge in [-0.1, -0.05) is 0 Å². The highest BCUT2D eigenvalue weighted by atomic mass is 127. The van der Waals surface area contributed by atoms with Gasteiger partial charge in [0.15, 0.2) is 10.8 Å². The fraction of sp³-hybridized carbons (Fsp3) is 0.462. The third kappa shape index (κ3) is 2.74. The Bertz CT molecular complexity index is 607. The first-order chi connectivity index (χ1) is 9.19. The molecule has 2 heterocycles. The van der Waals surface area contributed by atoms with Crippen LogP contribution < -0.4 is 5.32 Å². The predicted molar refractivity (Wildman–Crippen MR) is 86.7 cm³/mol. The molecule has 6 heteroatoms. The summed E-state index contributed by atoms with van der Waals surface area (Å²) < 4.78 is 1.17. The molecule has 1 aliphatic rings. The highest BCUT2D eigenvalue weighted by Gasteiger charge is 2.29. The van der Waals surface area contributed by atoms with Gasteiger partial charge in [0.25, 0.3) is 0 Å². The van der Waals surface area contributed by atoms with E-state index in [9.17, 15) is 0 Å². The van der Waals surface area contributed by atoms with Crippen molar-refractivity contribution in [1.29, 1.82) is 0 Å². The number of anilines is 1. The second-order valence-corrected chi connectivity index (χ2v) is 6.63. The molecular weight excluding hydrogens is 371 g/mol. The van der Waals surface area contributed by atoms with E-state index in [0.717, 1.165) is 28.9 Å². The number of aryl methyl sites for hydroxylation is 1. The lowest BCUT2D eigenvalue weighted by Crippen LogP contribution is -2.07. The number of thiazole rings is 1. The number of nitrogens with one attached hydrogen (secondary N) is 1. The molecular formula is C13H15IN4S. The van der Waals surface area contributed by atoms with E-state index in [0.29, 0.717) is 5.92 Å². The Kier molecular flexibility index (Phi) is 3.70. The second-order valence-electron chi connectivity index (χ2n) is 4.69. The fourth-order valence-electron chi connectivity index (χ4n) is 1.93. The molecule has 0 aromatic carbocycles. The zero-order chi connectivity index (χ0) is 13.4. The van der Waals surface area contributed by atoms with Crippen LogP contribution in [0.25, 0.3) is 10.8 Å². The molecule has 19 heavy (non-hydrogen) atoms. The van der Waals surface area contributed by atoms with Crippen LogP contribution >= 0.6 is 33.9 Å². The summed E-state index contributed by atoms with van der Waals surface area (Å²) in [4.78, 5) is 13.9. The molecule has 2 aromatic rings. The summed E-state index contributed by atoms with van der Waals surface area (Å²) in [7, 11) is 0. The molecule has 1 fully saturated rings. The molecule has 0 saturated heterocycles. The maximum Gasteiger partial charge on any atom is 0.191 e. The summed E-state index contributed by atoms with van der Waals surface area (Å²) in [5.41, 5.74) is 2.22. The van der Waals surface area contributed by atoms with Gasteiger partial charge in [-0.05, 0) is 49.3 Å². The lowest BCUT2D eigenvalue weighted by molar-refractivity contribution is 0.969. The summed E-state index contributed by atoms with van der Waals surface area (Å²) in [6, 6.07) is 0. The van der Waals surface area contributed by atoms with Crippen molar-refractivity contribution in [2.45, 2.75) is 32.6 Å². The van der Waals surface area contributed by atoms with Crippen LogP contribution in [0.3, 0.4) is 0 Å². The second kappa shape index (κ2) is 5.32.